The second kappa shape index (κ2) is 8.29. The summed E-state index contributed by atoms with van der Waals surface area (Å²) in [7, 11) is -3.48. The molecule has 2 heterocycles. The molecule has 2 fully saturated rings. The van der Waals surface area contributed by atoms with Crippen molar-refractivity contribution in [3.05, 3.63) is 24.3 Å². The van der Waals surface area contributed by atoms with Gasteiger partial charge in [-0.05, 0) is 49.9 Å². The van der Waals surface area contributed by atoms with Crippen LogP contribution in [0, 0.1) is 0 Å². The van der Waals surface area contributed by atoms with E-state index >= 15 is 0 Å². The lowest BCUT2D eigenvalue weighted by molar-refractivity contribution is -0.904. The molecule has 0 unspecified atom stereocenters. The van der Waals surface area contributed by atoms with Gasteiger partial charge >= 0.3 is 0 Å². The van der Waals surface area contributed by atoms with Gasteiger partial charge in [0, 0.05) is 31.6 Å². The largest absolute Gasteiger partial charge is 0.335 e. The Morgan fingerprint density at radius 3 is 2.40 bits per heavy atom. The van der Waals surface area contributed by atoms with E-state index in [-0.39, 0.29) is 10.8 Å². The number of carbonyl (C=O) groups is 1. The molecule has 0 spiro atoms. The molecule has 6 nitrogen and oxygen atoms in total. The molecular formula is C18H28N3O3S+. The zero-order chi connectivity index (χ0) is 17.7. The molecule has 0 bridgehead atoms. The Labute approximate surface area is 150 Å². The standard InChI is InChI=1S/C18H27N3O3S/c22-18-6-4-15-21(18)16-7-9-17(10-8-16)25(23,24)19-11-5-14-20-12-2-1-3-13-20/h7-10,19H,1-6,11-15H2/p+1. The van der Waals surface area contributed by atoms with Crippen molar-refractivity contribution in [2.45, 2.75) is 43.4 Å². The first-order chi connectivity index (χ1) is 12.1. The zero-order valence-electron chi connectivity index (χ0n) is 14.7. The van der Waals surface area contributed by atoms with E-state index in [9.17, 15) is 13.2 Å². The van der Waals surface area contributed by atoms with E-state index in [0.717, 1.165) is 25.1 Å². The number of carbonyl (C=O) groups excluding carboxylic acids is 1. The molecule has 2 saturated heterocycles. The molecule has 7 heteroatoms. The van der Waals surface area contributed by atoms with E-state index in [0.29, 0.717) is 19.5 Å². The quantitative estimate of drug-likeness (QED) is 0.693. The van der Waals surface area contributed by atoms with Crippen molar-refractivity contribution in [1.29, 1.82) is 0 Å². The lowest BCUT2D eigenvalue weighted by Crippen LogP contribution is -3.12. The summed E-state index contributed by atoms with van der Waals surface area (Å²) >= 11 is 0. The normalized spacial score (nSPS) is 19.5. The van der Waals surface area contributed by atoms with Gasteiger partial charge in [-0.3, -0.25) is 4.79 Å². The van der Waals surface area contributed by atoms with Crippen LogP contribution in [0.2, 0.25) is 0 Å². The number of nitrogens with zero attached hydrogens (tertiary/aromatic N) is 1. The van der Waals surface area contributed by atoms with Crippen molar-refractivity contribution < 1.29 is 18.1 Å². The minimum atomic E-state index is -3.48. The third-order valence-corrected chi connectivity index (χ3v) is 6.57. The van der Waals surface area contributed by atoms with Gasteiger partial charge in [0.1, 0.15) is 0 Å². The van der Waals surface area contributed by atoms with Gasteiger partial charge in [-0.25, -0.2) is 13.1 Å². The SMILES string of the molecule is O=C1CCCN1c1ccc(S(=O)(=O)NCCC[NH+]2CCCCC2)cc1. The topological polar surface area (TPSA) is 70.9 Å². The van der Waals surface area contributed by atoms with Gasteiger partial charge in [-0.15, -0.1) is 0 Å². The molecule has 2 aliphatic rings. The summed E-state index contributed by atoms with van der Waals surface area (Å²) in [5.74, 6) is 0.106. The highest BCUT2D eigenvalue weighted by atomic mass is 32.2. The first-order valence-corrected chi connectivity index (χ1v) is 10.8. The molecular weight excluding hydrogens is 338 g/mol. The Morgan fingerprint density at radius 1 is 1.04 bits per heavy atom. The number of quaternary nitrogens is 1. The Bertz CT molecular complexity index is 682. The monoisotopic (exact) mass is 366 g/mol. The molecule has 138 valence electrons. The van der Waals surface area contributed by atoms with Crippen LogP contribution in [0.4, 0.5) is 5.69 Å². The average Bonchev–Trinajstić information content (AvgIpc) is 3.06. The fourth-order valence-corrected chi connectivity index (χ4v) is 4.73. The molecule has 25 heavy (non-hydrogen) atoms. The van der Waals surface area contributed by atoms with Crippen molar-refractivity contribution in [2.24, 2.45) is 0 Å². The van der Waals surface area contributed by atoms with Crippen LogP contribution in [0.25, 0.3) is 0 Å². The fraction of sp³-hybridized carbons (Fsp3) is 0.611. The minimum Gasteiger partial charge on any atom is -0.335 e. The van der Waals surface area contributed by atoms with E-state index in [1.165, 1.54) is 32.4 Å². The van der Waals surface area contributed by atoms with E-state index < -0.39 is 10.0 Å². The van der Waals surface area contributed by atoms with E-state index in [1.54, 1.807) is 34.1 Å². The van der Waals surface area contributed by atoms with Crippen LogP contribution in [0.5, 0.6) is 0 Å². The Morgan fingerprint density at radius 2 is 1.76 bits per heavy atom. The summed E-state index contributed by atoms with van der Waals surface area (Å²) in [6, 6.07) is 6.60. The molecule has 0 saturated carbocycles. The molecule has 1 amide bonds. The van der Waals surface area contributed by atoms with Crippen LogP contribution in [0.15, 0.2) is 29.2 Å². The maximum atomic E-state index is 12.4. The molecule has 2 N–H and O–H groups in total. The van der Waals surface area contributed by atoms with Gasteiger partial charge in [0.2, 0.25) is 15.9 Å². The highest BCUT2D eigenvalue weighted by Crippen LogP contribution is 2.22. The van der Waals surface area contributed by atoms with Crippen molar-refractivity contribution >= 4 is 21.6 Å². The van der Waals surface area contributed by atoms with Gasteiger partial charge in [-0.1, -0.05) is 0 Å². The molecule has 1 aromatic carbocycles. The lowest BCUT2D eigenvalue weighted by Gasteiger charge is -2.23. The van der Waals surface area contributed by atoms with Gasteiger partial charge in [0.05, 0.1) is 24.5 Å². The van der Waals surface area contributed by atoms with Crippen molar-refractivity contribution in [1.82, 2.24) is 4.72 Å². The summed E-state index contributed by atoms with van der Waals surface area (Å²) in [5.41, 5.74) is 0.773. The lowest BCUT2D eigenvalue weighted by atomic mass is 10.1. The minimum absolute atomic E-state index is 0.106. The van der Waals surface area contributed by atoms with E-state index in [4.69, 9.17) is 0 Å². The summed E-state index contributed by atoms with van der Waals surface area (Å²) in [6.45, 7) is 4.63. The number of nitrogens with one attached hydrogen (secondary N) is 2. The Balaban J connectivity index is 1.50. The number of benzene rings is 1. The first-order valence-electron chi connectivity index (χ1n) is 9.30. The van der Waals surface area contributed by atoms with Crippen LogP contribution in [-0.2, 0) is 14.8 Å². The van der Waals surface area contributed by atoms with Gasteiger partial charge in [-0.2, -0.15) is 0 Å². The number of hydrogen-bond acceptors (Lipinski definition) is 3. The van der Waals surface area contributed by atoms with Gasteiger partial charge in [0.25, 0.3) is 0 Å². The Hall–Kier alpha value is -1.44. The molecule has 1 aromatic rings. The number of amides is 1. The maximum Gasteiger partial charge on any atom is 0.240 e. The molecule has 0 atom stereocenters. The van der Waals surface area contributed by atoms with Gasteiger partial charge in [0.15, 0.2) is 0 Å². The van der Waals surface area contributed by atoms with Crippen molar-refractivity contribution in [3.8, 4) is 0 Å². The van der Waals surface area contributed by atoms with Crippen molar-refractivity contribution in [3.63, 3.8) is 0 Å². The van der Waals surface area contributed by atoms with Crippen LogP contribution in [0.3, 0.4) is 0 Å². The Kier molecular flexibility index (Phi) is 6.09. The van der Waals surface area contributed by atoms with Crippen LogP contribution < -0.4 is 14.5 Å². The van der Waals surface area contributed by atoms with Crippen LogP contribution >= 0.6 is 0 Å². The second-order valence-electron chi connectivity index (χ2n) is 6.95. The number of likely N-dealkylation sites (tertiary alicyclic amines) is 1. The number of piperidine rings is 1. The molecule has 0 aromatic heterocycles. The number of sulfonamides is 1. The number of anilines is 1. The summed E-state index contributed by atoms with van der Waals surface area (Å²) in [5, 5.41) is 0. The smallest absolute Gasteiger partial charge is 0.240 e. The van der Waals surface area contributed by atoms with Crippen molar-refractivity contribution in [2.75, 3.05) is 37.6 Å². The van der Waals surface area contributed by atoms with Crippen LogP contribution in [0.1, 0.15) is 38.5 Å². The van der Waals surface area contributed by atoms with Crippen LogP contribution in [-0.4, -0.2) is 47.0 Å². The first kappa shape index (κ1) is 18.4. The summed E-state index contributed by atoms with van der Waals surface area (Å²) < 4.78 is 27.5. The molecule has 2 aliphatic heterocycles. The third-order valence-electron chi connectivity index (χ3n) is 5.09. The second-order valence-corrected chi connectivity index (χ2v) is 8.72. The molecule has 3 rings (SSSR count). The zero-order valence-corrected chi connectivity index (χ0v) is 15.5. The predicted molar refractivity (Wildman–Crippen MR) is 97.2 cm³/mol. The molecule has 0 aliphatic carbocycles. The summed E-state index contributed by atoms with van der Waals surface area (Å²) in [4.78, 5) is 15.3. The van der Waals surface area contributed by atoms with E-state index in [1.807, 2.05) is 0 Å². The third kappa shape index (κ3) is 4.80. The highest BCUT2D eigenvalue weighted by Gasteiger charge is 2.22. The number of hydrogen-bond donors (Lipinski definition) is 2. The molecule has 0 radical (unpaired) electrons. The van der Waals surface area contributed by atoms with E-state index in [2.05, 4.69) is 4.72 Å². The average molecular weight is 367 g/mol. The summed E-state index contributed by atoms with van der Waals surface area (Å²) in [6.07, 6.45) is 6.18. The predicted octanol–water partition coefficient (Wildman–Crippen LogP) is 0.551. The number of rotatable bonds is 7. The van der Waals surface area contributed by atoms with Gasteiger partial charge < -0.3 is 9.80 Å². The fourth-order valence-electron chi connectivity index (χ4n) is 3.66. The maximum absolute atomic E-state index is 12.4. The highest BCUT2D eigenvalue weighted by molar-refractivity contribution is 7.89.